The van der Waals surface area contributed by atoms with E-state index in [1.165, 1.54) is 24.6 Å². The minimum Gasteiger partial charge on any atom is -0.334 e. The molecule has 0 amide bonds. The normalized spacial score (nSPS) is 12.6. The van der Waals surface area contributed by atoms with E-state index in [-0.39, 0.29) is 5.56 Å². The fraction of sp³-hybridized carbons (Fsp3) is 0.750. The molecular weight excluding hydrogens is 248 g/mol. The predicted octanol–water partition coefficient (Wildman–Crippen LogP) is 1.83. The van der Waals surface area contributed by atoms with Gasteiger partial charge in [-0.05, 0) is 12.2 Å². The lowest BCUT2D eigenvalue weighted by Crippen LogP contribution is -2.34. The van der Waals surface area contributed by atoms with Crippen molar-refractivity contribution in [1.82, 2.24) is 14.9 Å². The Bertz CT molecular complexity index is 433. The number of nitrogen functional groups attached to an aromatic ring is 1. The minimum atomic E-state index is -0.218. The second-order valence-corrected chi connectivity index (χ2v) is 5.20. The van der Waals surface area contributed by atoms with Gasteiger partial charge in [0.05, 0.1) is 0 Å². The van der Waals surface area contributed by atoms with E-state index in [9.17, 15) is 4.79 Å². The Morgan fingerprint density at radius 1 is 1.39 bits per heavy atom. The van der Waals surface area contributed by atoms with E-state index in [0.717, 1.165) is 17.5 Å². The molecule has 0 spiro atoms. The van der Waals surface area contributed by atoms with Gasteiger partial charge in [0.25, 0.3) is 5.56 Å². The fourth-order valence-electron chi connectivity index (χ4n) is 1.90. The van der Waals surface area contributed by atoms with Crippen LogP contribution in [0.15, 0.2) is 9.95 Å². The molecule has 1 aromatic heterocycles. The van der Waals surface area contributed by atoms with Crippen molar-refractivity contribution in [3.05, 3.63) is 16.0 Å². The summed E-state index contributed by atoms with van der Waals surface area (Å²) in [5.74, 6) is 6.18. The van der Waals surface area contributed by atoms with Crippen molar-refractivity contribution in [1.29, 1.82) is 0 Å². The van der Waals surface area contributed by atoms with Crippen LogP contribution < -0.4 is 11.4 Å². The lowest BCUT2D eigenvalue weighted by Gasteiger charge is -2.13. The van der Waals surface area contributed by atoms with Crippen LogP contribution in [0.4, 0.5) is 0 Å². The summed E-state index contributed by atoms with van der Waals surface area (Å²) in [6, 6.07) is 0. The van der Waals surface area contributed by atoms with Gasteiger partial charge in [-0.15, -0.1) is 10.2 Å². The van der Waals surface area contributed by atoms with Crippen molar-refractivity contribution in [3.63, 3.8) is 0 Å². The van der Waals surface area contributed by atoms with Gasteiger partial charge in [-0.2, -0.15) is 4.68 Å². The van der Waals surface area contributed by atoms with Crippen molar-refractivity contribution in [2.24, 2.45) is 5.92 Å². The lowest BCUT2D eigenvalue weighted by atomic mass is 9.94. The number of hydrogen-bond acceptors (Lipinski definition) is 5. The second-order valence-electron chi connectivity index (χ2n) is 4.43. The van der Waals surface area contributed by atoms with Crippen LogP contribution >= 0.6 is 11.8 Å². The molecule has 0 saturated heterocycles. The van der Waals surface area contributed by atoms with Gasteiger partial charge in [0.1, 0.15) is 5.69 Å². The Balaban J connectivity index is 2.84. The van der Waals surface area contributed by atoms with Crippen molar-refractivity contribution in [2.45, 2.75) is 51.1 Å². The summed E-state index contributed by atoms with van der Waals surface area (Å²) < 4.78 is 1.10. The van der Waals surface area contributed by atoms with E-state index in [2.05, 4.69) is 24.0 Å². The summed E-state index contributed by atoms with van der Waals surface area (Å²) in [5, 5.41) is 8.45. The first-order valence-electron chi connectivity index (χ1n) is 6.41. The average Bonchev–Trinajstić information content (AvgIpc) is 2.39. The third-order valence-electron chi connectivity index (χ3n) is 3.14. The molecule has 1 rings (SSSR count). The molecule has 0 aliphatic rings. The van der Waals surface area contributed by atoms with Crippen LogP contribution in [0.3, 0.4) is 0 Å². The topological polar surface area (TPSA) is 73.8 Å². The quantitative estimate of drug-likeness (QED) is 0.604. The van der Waals surface area contributed by atoms with E-state index in [1.807, 2.05) is 6.26 Å². The largest absolute Gasteiger partial charge is 0.334 e. The lowest BCUT2D eigenvalue weighted by molar-refractivity contribution is 0.437. The second kappa shape index (κ2) is 7.41. The highest BCUT2D eigenvalue weighted by Gasteiger charge is 2.14. The molecule has 2 N–H and O–H groups in total. The first kappa shape index (κ1) is 15.0. The molecule has 5 nitrogen and oxygen atoms in total. The smallest absolute Gasteiger partial charge is 0.294 e. The summed E-state index contributed by atoms with van der Waals surface area (Å²) in [6.07, 6.45) is 7.04. The molecule has 0 aromatic carbocycles. The molecule has 0 aliphatic heterocycles. The number of nitrogens with two attached hydrogens (primary N) is 1. The van der Waals surface area contributed by atoms with Crippen LogP contribution in [0.1, 0.15) is 45.2 Å². The first-order chi connectivity index (χ1) is 8.63. The third kappa shape index (κ3) is 3.73. The summed E-state index contributed by atoms with van der Waals surface area (Å²) in [4.78, 5) is 12.0. The van der Waals surface area contributed by atoms with Crippen LogP contribution in [-0.2, 0) is 6.42 Å². The highest BCUT2D eigenvalue weighted by molar-refractivity contribution is 7.98. The molecule has 0 bridgehead atoms. The highest BCUT2D eigenvalue weighted by atomic mass is 32.2. The van der Waals surface area contributed by atoms with Gasteiger partial charge in [0.15, 0.2) is 0 Å². The van der Waals surface area contributed by atoms with Gasteiger partial charge in [0.2, 0.25) is 5.16 Å². The van der Waals surface area contributed by atoms with E-state index in [4.69, 9.17) is 5.84 Å². The summed E-state index contributed by atoms with van der Waals surface area (Å²) in [6.45, 7) is 4.32. The van der Waals surface area contributed by atoms with E-state index >= 15 is 0 Å². The molecule has 0 unspecified atom stereocenters. The Morgan fingerprint density at radius 3 is 2.67 bits per heavy atom. The molecule has 0 saturated carbocycles. The van der Waals surface area contributed by atoms with Gasteiger partial charge in [-0.1, -0.05) is 51.3 Å². The van der Waals surface area contributed by atoms with Crippen LogP contribution in [0.2, 0.25) is 0 Å². The zero-order valence-electron chi connectivity index (χ0n) is 11.3. The molecule has 1 atom stereocenters. The SMILES string of the molecule is CCCC[C@@H](CC)Cc1nnc(SC)n(N)c1=O. The van der Waals surface area contributed by atoms with E-state index < -0.39 is 0 Å². The van der Waals surface area contributed by atoms with Gasteiger partial charge in [-0.3, -0.25) is 4.79 Å². The highest BCUT2D eigenvalue weighted by Crippen LogP contribution is 2.16. The monoisotopic (exact) mass is 270 g/mol. The third-order valence-corrected chi connectivity index (χ3v) is 3.78. The number of rotatable bonds is 7. The molecule has 1 heterocycles. The molecule has 0 fully saturated rings. The summed E-state index contributed by atoms with van der Waals surface area (Å²) in [7, 11) is 0. The summed E-state index contributed by atoms with van der Waals surface area (Å²) in [5.41, 5.74) is 0.266. The van der Waals surface area contributed by atoms with Crippen molar-refractivity contribution in [3.8, 4) is 0 Å². The maximum atomic E-state index is 12.0. The standard InChI is InChI=1S/C12H22N4OS/c1-4-6-7-9(5-2)8-10-11(17)16(13)12(18-3)15-14-10/h9H,4-8,13H2,1-3H3/t9-/m1/s1. The minimum absolute atomic E-state index is 0.218. The first-order valence-corrected chi connectivity index (χ1v) is 7.64. The number of hydrogen-bond donors (Lipinski definition) is 1. The molecular formula is C12H22N4OS. The maximum absolute atomic E-state index is 12.0. The zero-order chi connectivity index (χ0) is 13.5. The molecule has 1 aromatic rings. The molecule has 0 aliphatic carbocycles. The van der Waals surface area contributed by atoms with Crippen LogP contribution in [-0.4, -0.2) is 21.1 Å². The van der Waals surface area contributed by atoms with Gasteiger partial charge >= 0.3 is 0 Å². The van der Waals surface area contributed by atoms with Crippen LogP contribution in [0, 0.1) is 5.92 Å². The predicted molar refractivity (Wildman–Crippen MR) is 75.2 cm³/mol. The van der Waals surface area contributed by atoms with E-state index in [0.29, 0.717) is 23.2 Å². The average molecular weight is 270 g/mol. The number of nitrogens with zero attached hydrogens (tertiary/aromatic N) is 3. The van der Waals surface area contributed by atoms with Crippen molar-refractivity contribution in [2.75, 3.05) is 12.1 Å². The van der Waals surface area contributed by atoms with Gasteiger partial charge in [0, 0.05) is 6.42 Å². The summed E-state index contributed by atoms with van der Waals surface area (Å²) >= 11 is 1.32. The Labute approximate surface area is 112 Å². The Morgan fingerprint density at radius 2 is 2.11 bits per heavy atom. The van der Waals surface area contributed by atoms with Crippen molar-refractivity contribution >= 4 is 11.8 Å². The number of aromatic nitrogens is 3. The molecule has 0 radical (unpaired) electrons. The van der Waals surface area contributed by atoms with E-state index in [1.54, 1.807) is 0 Å². The number of thioether (sulfide) groups is 1. The van der Waals surface area contributed by atoms with Crippen LogP contribution in [0.5, 0.6) is 0 Å². The van der Waals surface area contributed by atoms with Crippen LogP contribution in [0.25, 0.3) is 0 Å². The Kier molecular flexibility index (Phi) is 6.18. The van der Waals surface area contributed by atoms with Gasteiger partial charge in [-0.25, -0.2) is 0 Å². The fourth-order valence-corrected chi connectivity index (χ4v) is 2.31. The molecule has 102 valence electrons. The van der Waals surface area contributed by atoms with Gasteiger partial charge < -0.3 is 5.84 Å². The Hall–Kier alpha value is -1.04. The molecule has 18 heavy (non-hydrogen) atoms. The molecule has 6 heteroatoms. The maximum Gasteiger partial charge on any atom is 0.294 e. The van der Waals surface area contributed by atoms with Crippen molar-refractivity contribution < 1.29 is 0 Å². The zero-order valence-corrected chi connectivity index (χ0v) is 12.2. The number of unbranched alkanes of at least 4 members (excludes halogenated alkanes) is 1.